The molecular formula is C12H17NO3. The summed E-state index contributed by atoms with van der Waals surface area (Å²) in [4.78, 5) is 10.8. The number of amides is 1. The Kier molecular flexibility index (Phi) is 4.64. The van der Waals surface area contributed by atoms with Gasteiger partial charge in [-0.2, -0.15) is 0 Å². The van der Waals surface area contributed by atoms with E-state index in [1.54, 1.807) is 31.2 Å². The Morgan fingerprint density at radius 2 is 1.88 bits per heavy atom. The van der Waals surface area contributed by atoms with Gasteiger partial charge in [0.2, 0.25) is 0 Å². The van der Waals surface area contributed by atoms with Gasteiger partial charge in [-0.25, -0.2) is 0 Å². The van der Waals surface area contributed by atoms with Crippen LogP contribution in [0.15, 0.2) is 24.3 Å². The van der Waals surface area contributed by atoms with E-state index in [0.29, 0.717) is 12.4 Å². The summed E-state index contributed by atoms with van der Waals surface area (Å²) in [5, 5.41) is 0. The average Bonchev–Trinajstić information content (AvgIpc) is 2.28. The normalized spacial score (nSPS) is 11.9. The molecule has 1 rings (SSSR count). The first kappa shape index (κ1) is 12.4. The number of hydrogen-bond donors (Lipinski definition) is 1. The second kappa shape index (κ2) is 6.00. The molecule has 1 unspecified atom stereocenters. The molecule has 0 aliphatic rings. The van der Waals surface area contributed by atoms with Gasteiger partial charge in [-0.15, -0.1) is 0 Å². The fourth-order valence-corrected chi connectivity index (χ4v) is 1.10. The summed E-state index contributed by atoms with van der Waals surface area (Å²) in [6.07, 6.45) is 0.346. The van der Waals surface area contributed by atoms with Crippen LogP contribution < -0.4 is 15.2 Å². The molecule has 0 spiro atoms. The minimum absolute atomic E-state index is 0.480. The highest BCUT2D eigenvalue weighted by Gasteiger charge is 2.09. The minimum atomic E-state index is -0.623. The van der Waals surface area contributed by atoms with Gasteiger partial charge in [-0.1, -0.05) is 6.92 Å². The first-order valence-electron chi connectivity index (χ1n) is 5.32. The summed E-state index contributed by atoms with van der Waals surface area (Å²) in [5.41, 5.74) is 5.09. The maximum absolute atomic E-state index is 10.8. The van der Waals surface area contributed by atoms with E-state index in [9.17, 15) is 4.79 Å². The Morgan fingerprint density at radius 1 is 1.31 bits per heavy atom. The maximum atomic E-state index is 10.8. The van der Waals surface area contributed by atoms with E-state index in [0.717, 1.165) is 12.2 Å². The summed E-state index contributed by atoms with van der Waals surface area (Å²) in [5.74, 6) is 0.919. The third-order valence-electron chi connectivity index (χ3n) is 2.01. The molecule has 0 bridgehead atoms. The molecule has 1 aromatic rings. The van der Waals surface area contributed by atoms with Crippen LogP contribution in [0.3, 0.4) is 0 Å². The van der Waals surface area contributed by atoms with Gasteiger partial charge in [0.25, 0.3) is 5.91 Å². The number of carbonyl (C=O) groups is 1. The number of benzene rings is 1. The zero-order valence-corrected chi connectivity index (χ0v) is 9.60. The highest BCUT2D eigenvalue weighted by Crippen LogP contribution is 2.18. The van der Waals surface area contributed by atoms with Gasteiger partial charge in [0.1, 0.15) is 11.5 Å². The van der Waals surface area contributed by atoms with Crippen molar-refractivity contribution in [3.8, 4) is 11.5 Å². The van der Waals surface area contributed by atoms with E-state index in [2.05, 4.69) is 0 Å². The molecule has 0 aliphatic heterocycles. The fraction of sp³-hybridized carbons (Fsp3) is 0.417. The van der Waals surface area contributed by atoms with Crippen molar-refractivity contribution in [2.45, 2.75) is 26.4 Å². The lowest BCUT2D eigenvalue weighted by Crippen LogP contribution is -2.30. The molecule has 0 aromatic heterocycles. The summed E-state index contributed by atoms with van der Waals surface area (Å²) in [6, 6.07) is 7.12. The van der Waals surface area contributed by atoms with E-state index in [1.807, 2.05) is 6.92 Å². The van der Waals surface area contributed by atoms with Crippen LogP contribution in [0.4, 0.5) is 0 Å². The number of carbonyl (C=O) groups excluding carboxylic acids is 1. The van der Waals surface area contributed by atoms with Crippen molar-refractivity contribution >= 4 is 5.91 Å². The molecule has 1 atom stereocenters. The zero-order valence-electron chi connectivity index (χ0n) is 9.60. The van der Waals surface area contributed by atoms with E-state index in [1.165, 1.54) is 0 Å². The van der Waals surface area contributed by atoms with Crippen molar-refractivity contribution in [2.24, 2.45) is 5.73 Å². The molecule has 1 amide bonds. The molecule has 0 fully saturated rings. The van der Waals surface area contributed by atoms with Gasteiger partial charge in [-0.3, -0.25) is 4.79 Å². The van der Waals surface area contributed by atoms with Crippen LogP contribution in [-0.4, -0.2) is 18.6 Å². The van der Waals surface area contributed by atoms with E-state index in [-0.39, 0.29) is 0 Å². The van der Waals surface area contributed by atoms with Crippen molar-refractivity contribution in [1.29, 1.82) is 0 Å². The van der Waals surface area contributed by atoms with Gasteiger partial charge >= 0.3 is 0 Å². The van der Waals surface area contributed by atoms with E-state index in [4.69, 9.17) is 15.2 Å². The molecule has 2 N–H and O–H groups in total. The lowest BCUT2D eigenvalue weighted by atomic mass is 10.3. The lowest BCUT2D eigenvalue weighted by Gasteiger charge is -2.11. The van der Waals surface area contributed by atoms with Crippen LogP contribution in [-0.2, 0) is 4.79 Å². The molecule has 4 nitrogen and oxygen atoms in total. The number of hydrogen-bond acceptors (Lipinski definition) is 3. The molecule has 0 heterocycles. The van der Waals surface area contributed by atoms with Crippen molar-refractivity contribution in [2.75, 3.05) is 6.61 Å². The quantitative estimate of drug-likeness (QED) is 0.798. The number of rotatable bonds is 6. The summed E-state index contributed by atoms with van der Waals surface area (Å²) in [7, 11) is 0. The van der Waals surface area contributed by atoms with E-state index < -0.39 is 12.0 Å². The molecule has 0 saturated carbocycles. The first-order chi connectivity index (χ1) is 7.63. The Bertz CT molecular complexity index is 335. The summed E-state index contributed by atoms with van der Waals surface area (Å²) >= 11 is 0. The van der Waals surface area contributed by atoms with Crippen molar-refractivity contribution in [3.05, 3.63) is 24.3 Å². The molecule has 1 aromatic carbocycles. The third-order valence-corrected chi connectivity index (χ3v) is 2.01. The maximum Gasteiger partial charge on any atom is 0.258 e. The van der Waals surface area contributed by atoms with Crippen LogP contribution in [0.2, 0.25) is 0 Å². The predicted octanol–water partition coefficient (Wildman–Crippen LogP) is 1.73. The van der Waals surface area contributed by atoms with Gasteiger partial charge in [0.05, 0.1) is 6.61 Å². The van der Waals surface area contributed by atoms with Crippen molar-refractivity contribution in [1.82, 2.24) is 0 Å². The van der Waals surface area contributed by atoms with E-state index >= 15 is 0 Å². The zero-order chi connectivity index (χ0) is 12.0. The SMILES string of the molecule is CCCOc1ccc(OC(C)C(N)=O)cc1. The van der Waals surface area contributed by atoms with Gasteiger partial charge in [0.15, 0.2) is 6.10 Å². The fourth-order valence-electron chi connectivity index (χ4n) is 1.10. The summed E-state index contributed by atoms with van der Waals surface area (Å²) < 4.78 is 10.7. The highest BCUT2D eigenvalue weighted by molar-refractivity contribution is 5.78. The number of primary amides is 1. The molecule has 0 aliphatic carbocycles. The van der Waals surface area contributed by atoms with Gasteiger partial charge in [-0.05, 0) is 37.6 Å². The molecule has 0 radical (unpaired) electrons. The number of nitrogens with two attached hydrogens (primary N) is 1. The second-order valence-corrected chi connectivity index (χ2v) is 3.48. The van der Waals surface area contributed by atoms with Crippen LogP contribution in [0, 0.1) is 0 Å². The third kappa shape index (κ3) is 3.81. The number of ether oxygens (including phenoxy) is 2. The van der Waals surface area contributed by atoms with Gasteiger partial charge in [0, 0.05) is 0 Å². The van der Waals surface area contributed by atoms with Crippen LogP contribution in [0.25, 0.3) is 0 Å². The Labute approximate surface area is 95.3 Å². The molecule has 88 valence electrons. The van der Waals surface area contributed by atoms with Crippen LogP contribution in [0.1, 0.15) is 20.3 Å². The predicted molar refractivity (Wildman–Crippen MR) is 61.5 cm³/mol. The summed E-state index contributed by atoms with van der Waals surface area (Å²) in [6.45, 7) is 4.35. The topological polar surface area (TPSA) is 61.6 Å². The lowest BCUT2D eigenvalue weighted by molar-refractivity contribution is -0.123. The highest BCUT2D eigenvalue weighted by atomic mass is 16.5. The largest absolute Gasteiger partial charge is 0.494 e. The second-order valence-electron chi connectivity index (χ2n) is 3.48. The van der Waals surface area contributed by atoms with Crippen molar-refractivity contribution in [3.63, 3.8) is 0 Å². The van der Waals surface area contributed by atoms with Gasteiger partial charge < -0.3 is 15.2 Å². The van der Waals surface area contributed by atoms with Crippen LogP contribution >= 0.6 is 0 Å². The Hall–Kier alpha value is -1.71. The smallest absolute Gasteiger partial charge is 0.258 e. The molecule has 16 heavy (non-hydrogen) atoms. The minimum Gasteiger partial charge on any atom is -0.494 e. The standard InChI is InChI=1S/C12H17NO3/c1-3-8-15-10-4-6-11(7-5-10)16-9(2)12(13)14/h4-7,9H,3,8H2,1-2H3,(H2,13,14). The van der Waals surface area contributed by atoms with Crippen LogP contribution in [0.5, 0.6) is 11.5 Å². The Balaban J connectivity index is 2.54. The molecular weight excluding hydrogens is 206 g/mol. The van der Waals surface area contributed by atoms with Crippen molar-refractivity contribution < 1.29 is 14.3 Å². The molecule has 0 saturated heterocycles. The Morgan fingerprint density at radius 3 is 2.38 bits per heavy atom. The average molecular weight is 223 g/mol. The monoisotopic (exact) mass is 223 g/mol. The first-order valence-corrected chi connectivity index (χ1v) is 5.32. The molecule has 4 heteroatoms.